The molecule has 0 bridgehead atoms. The molecule has 0 radical (unpaired) electrons. The number of piperidine rings is 1. The third-order valence-corrected chi connectivity index (χ3v) is 9.81. The molecule has 0 saturated carbocycles. The largest absolute Gasteiger partial charge is 0.507 e. The number of phenols is 2. The van der Waals surface area contributed by atoms with Crippen molar-refractivity contribution >= 4 is 98.2 Å². The first-order valence-electron chi connectivity index (χ1n) is 17.6. The number of aromatic nitrogens is 8. The fraction of sp³-hybridized carbons (Fsp3) is 0.282. The van der Waals surface area contributed by atoms with Gasteiger partial charge in [0.05, 0.1) is 29.5 Å². The molecule has 6 heterocycles. The van der Waals surface area contributed by atoms with Crippen LogP contribution in [-0.2, 0) is 0 Å². The number of halogens is 7. The standard InChI is InChI=1S/C20H21N5O.C19H22N6O.7ClH/c1-2-25-9-7-14(8-10-25)18-5-6-19(24-23-18)17-4-3-15(11-20(17)26)16-12-21-22-13-16;1-25(15-6-8-20-9-7-15)19-5-4-17(23-24-19)16-3-2-13(10-18(16)26)14-11-21-22-12-14;;;;;;;/h3-7,11-13,26H,2,8-10H2,1H3,(H,21,22);2-5,10-12,15,20,26H,6-9H2,1H3,(H,21,22);7*1H. The van der Waals surface area contributed by atoms with Gasteiger partial charge >= 0.3 is 0 Å². The van der Waals surface area contributed by atoms with Gasteiger partial charge in [-0.2, -0.15) is 15.3 Å². The second-order valence-electron chi connectivity index (χ2n) is 13.0. The second kappa shape index (κ2) is 26.3. The van der Waals surface area contributed by atoms with Crippen LogP contribution in [0.4, 0.5) is 5.82 Å². The highest BCUT2D eigenvalue weighted by atomic mass is 35.5. The van der Waals surface area contributed by atoms with Gasteiger partial charge in [-0.25, -0.2) is 0 Å². The van der Waals surface area contributed by atoms with E-state index in [1.54, 1.807) is 36.9 Å². The zero-order valence-corrected chi connectivity index (χ0v) is 37.9. The number of phenolic OH excluding ortho intramolecular Hbond substituents is 2. The van der Waals surface area contributed by atoms with Gasteiger partial charge in [-0.3, -0.25) is 15.1 Å². The molecule has 0 atom stereocenters. The number of nitrogens with zero attached hydrogens (tertiary/aromatic N) is 8. The van der Waals surface area contributed by atoms with Gasteiger partial charge < -0.3 is 20.4 Å². The van der Waals surface area contributed by atoms with Crippen molar-refractivity contribution in [1.29, 1.82) is 0 Å². The molecular formula is C39H50Cl7N11O2. The number of hydrogen-bond acceptors (Lipinski definition) is 11. The minimum absolute atomic E-state index is 0. The van der Waals surface area contributed by atoms with Crippen molar-refractivity contribution in [1.82, 2.24) is 51.0 Å². The van der Waals surface area contributed by atoms with E-state index >= 15 is 0 Å². The monoisotopic (exact) mass is 949 g/mol. The number of nitrogens with one attached hydrogen (secondary N) is 3. The van der Waals surface area contributed by atoms with Crippen LogP contribution in [0.2, 0.25) is 0 Å². The van der Waals surface area contributed by atoms with E-state index in [9.17, 15) is 10.2 Å². The normalized spacial score (nSPS) is 13.3. The molecule has 8 rings (SSSR count). The van der Waals surface area contributed by atoms with Crippen LogP contribution in [0.5, 0.6) is 11.5 Å². The second-order valence-corrected chi connectivity index (χ2v) is 13.0. The Labute approximate surface area is 387 Å². The van der Waals surface area contributed by atoms with Crippen LogP contribution in [0.3, 0.4) is 0 Å². The molecule has 13 nitrogen and oxygen atoms in total. The van der Waals surface area contributed by atoms with Gasteiger partial charge in [-0.1, -0.05) is 25.1 Å². The van der Waals surface area contributed by atoms with Gasteiger partial charge in [0.1, 0.15) is 11.5 Å². The molecular weight excluding hydrogens is 903 g/mol. The van der Waals surface area contributed by atoms with Crippen LogP contribution in [0.1, 0.15) is 31.9 Å². The molecule has 322 valence electrons. The number of anilines is 1. The maximum Gasteiger partial charge on any atom is 0.151 e. The third-order valence-electron chi connectivity index (χ3n) is 9.81. The van der Waals surface area contributed by atoms with Gasteiger partial charge in [0.25, 0.3) is 0 Å². The molecule has 1 saturated heterocycles. The lowest BCUT2D eigenvalue weighted by Crippen LogP contribution is -2.41. The van der Waals surface area contributed by atoms with Crippen molar-refractivity contribution in [3.8, 4) is 56.3 Å². The summed E-state index contributed by atoms with van der Waals surface area (Å²) in [4.78, 5) is 4.59. The smallest absolute Gasteiger partial charge is 0.151 e. The zero-order chi connectivity index (χ0) is 35.9. The Bertz CT molecular complexity index is 2110. The average Bonchev–Trinajstić information content (AvgIpc) is 3.95. The number of benzene rings is 2. The predicted octanol–water partition coefficient (Wildman–Crippen LogP) is 8.73. The van der Waals surface area contributed by atoms with E-state index in [1.807, 2.05) is 48.5 Å². The van der Waals surface area contributed by atoms with Gasteiger partial charge in [-0.15, -0.1) is 102 Å². The molecule has 0 unspecified atom stereocenters. The lowest BCUT2D eigenvalue weighted by molar-refractivity contribution is 0.318. The van der Waals surface area contributed by atoms with Crippen LogP contribution in [0.25, 0.3) is 50.3 Å². The van der Waals surface area contributed by atoms with Crippen LogP contribution >= 0.6 is 86.8 Å². The summed E-state index contributed by atoms with van der Waals surface area (Å²) in [6, 6.07) is 19.3. The molecule has 4 aromatic heterocycles. The summed E-state index contributed by atoms with van der Waals surface area (Å²) in [5, 5.41) is 55.0. The molecule has 2 aliphatic rings. The minimum Gasteiger partial charge on any atom is -0.507 e. The topological polar surface area (TPSA) is 168 Å². The van der Waals surface area contributed by atoms with Gasteiger partial charge in [0, 0.05) is 60.8 Å². The lowest BCUT2D eigenvalue weighted by atomic mass is 10.0. The first kappa shape index (κ1) is 55.1. The molecule has 0 spiro atoms. The van der Waals surface area contributed by atoms with Crippen molar-refractivity contribution < 1.29 is 10.2 Å². The highest BCUT2D eigenvalue weighted by molar-refractivity contribution is 5.86. The Morgan fingerprint density at radius 1 is 0.661 bits per heavy atom. The number of rotatable bonds is 8. The average molecular weight is 953 g/mol. The molecule has 1 fully saturated rings. The van der Waals surface area contributed by atoms with Crippen LogP contribution < -0.4 is 10.2 Å². The molecule has 6 aromatic rings. The van der Waals surface area contributed by atoms with E-state index in [1.165, 1.54) is 5.57 Å². The first-order chi connectivity index (χ1) is 25.5. The molecule has 2 aromatic carbocycles. The minimum atomic E-state index is 0. The summed E-state index contributed by atoms with van der Waals surface area (Å²) in [5.74, 6) is 1.22. The predicted molar refractivity (Wildman–Crippen MR) is 253 cm³/mol. The van der Waals surface area contributed by atoms with E-state index in [2.05, 4.69) is 76.0 Å². The lowest BCUT2D eigenvalue weighted by Gasteiger charge is -2.32. The number of aromatic hydroxyl groups is 2. The van der Waals surface area contributed by atoms with Crippen molar-refractivity contribution in [3.05, 3.63) is 97.2 Å². The molecule has 5 N–H and O–H groups in total. The molecule has 2 aliphatic heterocycles. The maximum absolute atomic E-state index is 10.4. The first-order valence-corrected chi connectivity index (χ1v) is 17.6. The molecule has 0 aliphatic carbocycles. The summed E-state index contributed by atoms with van der Waals surface area (Å²) >= 11 is 0. The van der Waals surface area contributed by atoms with Gasteiger partial charge in [-0.05, 0) is 104 Å². The van der Waals surface area contributed by atoms with Gasteiger partial charge in [0.2, 0.25) is 0 Å². The van der Waals surface area contributed by atoms with Crippen LogP contribution in [0.15, 0.2) is 91.5 Å². The third kappa shape index (κ3) is 13.6. The Morgan fingerprint density at radius 3 is 1.58 bits per heavy atom. The van der Waals surface area contributed by atoms with E-state index in [0.717, 1.165) is 85.8 Å². The summed E-state index contributed by atoms with van der Waals surface area (Å²) in [5.41, 5.74) is 8.47. The van der Waals surface area contributed by atoms with Crippen LogP contribution in [-0.4, -0.2) is 102 Å². The van der Waals surface area contributed by atoms with Crippen molar-refractivity contribution in [3.63, 3.8) is 0 Å². The Balaban J connectivity index is 0.00000102. The summed E-state index contributed by atoms with van der Waals surface area (Å²) in [7, 11) is 2.07. The highest BCUT2D eigenvalue weighted by Crippen LogP contribution is 2.34. The maximum atomic E-state index is 10.4. The fourth-order valence-electron chi connectivity index (χ4n) is 6.59. The Hall–Kier alpha value is -3.89. The van der Waals surface area contributed by atoms with E-state index in [0.29, 0.717) is 28.6 Å². The summed E-state index contributed by atoms with van der Waals surface area (Å²) in [6.07, 6.45) is 12.5. The summed E-state index contributed by atoms with van der Waals surface area (Å²) in [6.45, 7) is 7.35. The molecule has 20 heteroatoms. The summed E-state index contributed by atoms with van der Waals surface area (Å²) < 4.78 is 0. The van der Waals surface area contributed by atoms with Gasteiger partial charge in [0.15, 0.2) is 5.82 Å². The van der Waals surface area contributed by atoms with E-state index in [4.69, 9.17) is 0 Å². The Kier molecular flexibility index (Phi) is 24.6. The highest BCUT2D eigenvalue weighted by Gasteiger charge is 2.20. The Morgan fingerprint density at radius 2 is 1.17 bits per heavy atom. The van der Waals surface area contributed by atoms with Crippen molar-refractivity contribution in [2.75, 3.05) is 44.7 Å². The number of likely N-dealkylation sites (N-methyl/N-ethyl adjacent to an activating group) is 1. The van der Waals surface area contributed by atoms with Crippen molar-refractivity contribution in [2.24, 2.45) is 0 Å². The van der Waals surface area contributed by atoms with E-state index < -0.39 is 0 Å². The quantitative estimate of drug-likeness (QED) is 0.0990. The fourth-order valence-corrected chi connectivity index (χ4v) is 6.59. The molecule has 0 amide bonds. The number of aromatic amines is 2. The van der Waals surface area contributed by atoms with E-state index in [-0.39, 0.29) is 98.3 Å². The SMILES string of the molecule is CCN1CC=C(c2ccc(-c3ccc(-c4cn[nH]c4)cc3O)nn2)CC1.CN(c1ccc(-c2ccc(-c3cn[nH]c3)cc2O)nn1)C1CCNCC1.Cl.Cl.Cl.Cl.Cl.Cl.Cl. The molecule has 59 heavy (non-hydrogen) atoms. The van der Waals surface area contributed by atoms with Crippen LogP contribution in [0, 0.1) is 0 Å². The number of H-pyrrole nitrogens is 2. The number of hydrogen-bond donors (Lipinski definition) is 5. The van der Waals surface area contributed by atoms with Crippen molar-refractivity contribution in [2.45, 2.75) is 32.2 Å². The zero-order valence-electron chi connectivity index (χ0n) is 32.2.